The standard InChI is InChI=1S/C10H19O/c1-8(2)7-10(11-3)9-5-4-6-9/h8-9H,4-7H2,1-3H3. The summed E-state index contributed by atoms with van der Waals surface area (Å²) in [6.07, 6.45) is 6.61. The molecule has 1 radical (unpaired) electrons. The van der Waals surface area contributed by atoms with E-state index in [0.717, 1.165) is 18.3 Å². The first-order chi connectivity index (χ1) is 5.24. The highest BCUT2D eigenvalue weighted by Gasteiger charge is 2.28. The van der Waals surface area contributed by atoms with Gasteiger partial charge in [0, 0.05) is 7.11 Å². The molecule has 1 aliphatic rings. The van der Waals surface area contributed by atoms with E-state index in [1.54, 1.807) is 0 Å². The maximum absolute atomic E-state index is 5.38. The number of ether oxygens (including phenoxy) is 1. The van der Waals surface area contributed by atoms with E-state index in [4.69, 9.17) is 4.74 Å². The predicted molar refractivity (Wildman–Crippen MR) is 47.0 cm³/mol. The monoisotopic (exact) mass is 155 g/mol. The third kappa shape index (κ3) is 2.48. The molecule has 1 rings (SSSR count). The minimum Gasteiger partial charge on any atom is -0.375 e. The summed E-state index contributed by atoms with van der Waals surface area (Å²) in [5.74, 6) is 1.54. The third-order valence-corrected chi connectivity index (χ3v) is 2.43. The van der Waals surface area contributed by atoms with Crippen LogP contribution in [-0.4, -0.2) is 7.11 Å². The molecule has 1 nitrogen and oxygen atoms in total. The lowest BCUT2D eigenvalue weighted by Gasteiger charge is -2.32. The van der Waals surface area contributed by atoms with Crippen LogP contribution < -0.4 is 0 Å². The first-order valence-electron chi connectivity index (χ1n) is 4.63. The van der Waals surface area contributed by atoms with Crippen molar-refractivity contribution < 1.29 is 4.74 Å². The lowest BCUT2D eigenvalue weighted by atomic mass is 9.78. The first-order valence-corrected chi connectivity index (χ1v) is 4.63. The van der Waals surface area contributed by atoms with Crippen LogP contribution in [0.5, 0.6) is 0 Å². The molecule has 0 unspecified atom stereocenters. The highest BCUT2D eigenvalue weighted by molar-refractivity contribution is 4.92. The van der Waals surface area contributed by atoms with E-state index in [1.165, 1.54) is 25.4 Å². The van der Waals surface area contributed by atoms with Gasteiger partial charge in [0.15, 0.2) is 0 Å². The zero-order chi connectivity index (χ0) is 8.27. The van der Waals surface area contributed by atoms with Crippen LogP contribution in [0.25, 0.3) is 0 Å². The largest absolute Gasteiger partial charge is 0.375 e. The van der Waals surface area contributed by atoms with Crippen molar-refractivity contribution in [2.24, 2.45) is 11.8 Å². The van der Waals surface area contributed by atoms with Gasteiger partial charge in [-0.05, 0) is 31.1 Å². The van der Waals surface area contributed by atoms with Gasteiger partial charge in [-0.2, -0.15) is 0 Å². The lowest BCUT2D eigenvalue weighted by Crippen LogP contribution is -2.22. The van der Waals surface area contributed by atoms with E-state index in [-0.39, 0.29) is 0 Å². The zero-order valence-corrected chi connectivity index (χ0v) is 7.89. The van der Waals surface area contributed by atoms with Gasteiger partial charge < -0.3 is 4.74 Å². The fourth-order valence-corrected chi connectivity index (χ4v) is 1.55. The van der Waals surface area contributed by atoms with E-state index >= 15 is 0 Å². The minimum absolute atomic E-state index is 0.741. The molecule has 11 heavy (non-hydrogen) atoms. The molecule has 0 amide bonds. The highest BCUT2D eigenvalue weighted by atomic mass is 16.5. The minimum atomic E-state index is 0.741. The predicted octanol–water partition coefficient (Wildman–Crippen LogP) is 3.01. The molecular formula is C10H19O. The van der Waals surface area contributed by atoms with Crippen molar-refractivity contribution >= 4 is 0 Å². The molecule has 0 aromatic rings. The SMILES string of the molecule is CO[C](CC(C)C)C1CCC1. The van der Waals surface area contributed by atoms with Crippen LogP contribution in [0.3, 0.4) is 0 Å². The molecular weight excluding hydrogens is 136 g/mol. The van der Waals surface area contributed by atoms with Gasteiger partial charge >= 0.3 is 0 Å². The van der Waals surface area contributed by atoms with Crippen LogP contribution in [-0.2, 0) is 4.74 Å². The van der Waals surface area contributed by atoms with Gasteiger partial charge in [0.05, 0.1) is 6.10 Å². The topological polar surface area (TPSA) is 9.23 Å². The van der Waals surface area contributed by atoms with E-state index in [9.17, 15) is 0 Å². The van der Waals surface area contributed by atoms with Crippen LogP contribution in [0.2, 0.25) is 0 Å². The van der Waals surface area contributed by atoms with Crippen molar-refractivity contribution in [3.63, 3.8) is 0 Å². The smallest absolute Gasteiger partial charge is 0.1000 e. The maximum atomic E-state index is 5.38. The molecule has 1 fully saturated rings. The van der Waals surface area contributed by atoms with Crippen molar-refractivity contribution in [1.82, 2.24) is 0 Å². The second-order valence-electron chi connectivity index (χ2n) is 3.90. The molecule has 0 saturated heterocycles. The third-order valence-electron chi connectivity index (χ3n) is 2.43. The van der Waals surface area contributed by atoms with Crippen LogP contribution in [0.4, 0.5) is 0 Å². The Bertz CT molecular complexity index is 105. The van der Waals surface area contributed by atoms with Gasteiger partial charge in [0.2, 0.25) is 0 Å². The Morgan fingerprint density at radius 3 is 2.36 bits per heavy atom. The summed E-state index contributed by atoms with van der Waals surface area (Å²) in [6.45, 7) is 4.50. The molecule has 0 spiro atoms. The summed E-state index contributed by atoms with van der Waals surface area (Å²) in [5, 5.41) is 0. The quantitative estimate of drug-likeness (QED) is 0.606. The summed E-state index contributed by atoms with van der Waals surface area (Å²) < 4.78 is 5.38. The molecule has 0 aliphatic heterocycles. The molecule has 0 N–H and O–H groups in total. The fourth-order valence-electron chi connectivity index (χ4n) is 1.55. The van der Waals surface area contributed by atoms with Crippen molar-refractivity contribution in [3.8, 4) is 0 Å². The van der Waals surface area contributed by atoms with E-state index in [1.807, 2.05) is 7.11 Å². The molecule has 0 aromatic carbocycles. The molecule has 1 saturated carbocycles. The Morgan fingerprint density at radius 2 is 2.09 bits per heavy atom. The second kappa shape index (κ2) is 4.10. The summed E-state index contributed by atoms with van der Waals surface area (Å²) in [4.78, 5) is 0. The Morgan fingerprint density at radius 1 is 1.45 bits per heavy atom. The Hall–Kier alpha value is -0.0400. The molecule has 1 heteroatoms. The van der Waals surface area contributed by atoms with Crippen molar-refractivity contribution in [2.75, 3.05) is 7.11 Å². The lowest BCUT2D eigenvalue weighted by molar-refractivity contribution is 0.0978. The average Bonchev–Trinajstić information content (AvgIpc) is 1.81. The number of hydrogen-bond acceptors (Lipinski definition) is 1. The summed E-state index contributed by atoms with van der Waals surface area (Å²) in [6, 6.07) is 0. The number of hydrogen-bond donors (Lipinski definition) is 0. The van der Waals surface area contributed by atoms with E-state index in [0.29, 0.717) is 0 Å². The average molecular weight is 155 g/mol. The molecule has 0 bridgehead atoms. The highest BCUT2D eigenvalue weighted by Crippen LogP contribution is 2.38. The Kier molecular flexibility index (Phi) is 3.38. The van der Waals surface area contributed by atoms with Crippen LogP contribution >= 0.6 is 0 Å². The first kappa shape index (κ1) is 9.05. The molecule has 1 aliphatic carbocycles. The zero-order valence-electron chi connectivity index (χ0n) is 7.89. The van der Waals surface area contributed by atoms with Gasteiger partial charge in [0.25, 0.3) is 0 Å². The molecule has 65 valence electrons. The van der Waals surface area contributed by atoms with Crippen molar-refractivity contribution in [3.05, 3.63) is 6.10 Å². The molecule has 0 atom stereocenters. The van der Waals surface area contributed by atoms with Gasteiger partial charge in [0.1, 0.15) is 0 Å². The Labute approximate surface area is 70.1 Å². The summed E-state index contributed by atoms with van der Waals surface area (Å²) in [5.41, 5.74) is 0. The van der Waals surface area contributed by atoms with Gasteiger partial charge in [-0.25, -0.2) is 0 Å². The van der Waals surface area contributed by atoms with Gasteiger partial charge in [-0.15, -0.1) is 0 Å². The van der Waals surface area contributed by atoms with Crippen molar-refractivity contribution in [2.45, 2.75) is 39.5 Å². The normalized spacial score (nSPS) is 19.4. The Balaban J connectivity index is 2.23. The number of methoxy groups -OCH3 is 1. The summed E-state index contributed by atoms with van der Waals surface area (Å²) >= 11 is 0. The number of rotatable bonds is 4. The fraction of sp³-hybridized carbons (Fsp3) is 0.900. The van der Waals surface area contributed by atoms with E-state index < -0.39 is 0 Å². The van der Waals surface area contributed by atoms with Gasteiger partial charge in [-0.1, -0.05) is 20.3 Å². The molecule has 0 heterocycles. The summed E-state index contributed by atoms with van der Waals surface area (Å²) in [7, 11) is 1.82. The van der Waals surface area contributed by atoms with Crippen molar-refractivity contribution in [1.29, 1.82) is 0 Å². The van der Waals surface area contributed by atoms with Crippen LogP contribution in [0.1, 0.15) is 39.5 Å². The second-order valence-corrected chi connectivity index (χ2v) is 3.90. The van der Waals surface area contributed by atoms with Gasteiger partial charge in [-0.3, -0.25) is 0 Å². The molecule has 0 aromatic heterocycles. The maximum Gasteiger partial charge on any atom is 0.1000 e. The van der Waals surface area contributed by atoms with Crippen LogP contribution in [0, 0.1) is 17.9 Å². The van der Waals surface area contributed by atoms with Crippen LogP contribution in [0.15, 0.2) is 0 Å². The van der Waals surface area contributed by atoms with E-state index in [2.05, 4.69) is 13.8 Å².